The fourth-order valence-electron chi connectivity index (χ4n) is 2.49. The predicted molar refractivity (Wildman–Crippen MR) is 65.9 cm³/mol. The van der Waals surface area contributed by atoms with Crippen molar-refractivity contribution in [2.75, 3.05) is 20.1 Å². The summed E-state index contributed by atoms with van der Waals surface area (Å²) >= 11 is 0. The van der Waals surface area contributed by atoms with E-state index in [1.807, 2.05) is 18.2 Å². The molecule has 1 aliphatic rings. The minimum Gasteiger partial charge on any atom is -0.306 e. The molecule has 0 aliphatic carbocycles. The van der Waals surface area contributed by atoms with Crippen LogP contribution in [0.25, 0.3) is 0 Å². The van der Waals surface area contributed by atoms with Gasteiger partial charge in [-0.15, -0.1) is 0 Å². The Balaban J connectivity index is 2.23. The molecule has 2 rings (SSSR count). The van der Waals surface area contributed by atoms with Crippen LogP contribution in [0, 0.1) is 0 Å². The van der Waals surface area contributed by atoms with E-state index in [1.54, 1.807) is 6.92 Å². The van der Waals surface area contributed by atoms with E-state index >= 15 is 0 Å². The molecule has 1 aromatic rings. The fourth-order valence-corrected chi connectivity index (χ4v) is 2.49. The number of hydrogen-bond donors (Lipinski definition) is 0. The summed E-state index contributed by atoms with van der Waals surface area (Å²) in [4.78, 5) is 13.9. The number of carbonyl (C=O) groups is 1. The molecule has 0 atom stereocenters. The summed E-state index contributed by atoms with van der Waals surface area (Å²) < 4.78 is 0. The number of hydrogen-bond acceptors (Lipinski definition) is 2. The third-order valence-corrected chi connectivity index (χ3v) is 3.50. The lowest BCUT2D eigenvalue weighted by Gasteiger charge is -2.30. The Morgan fingerprint density at radius 1 is 1.25 bits per heavy atom. The molecule has 0 bridgehead atoms. The van der Waals surface area contributed by atoms with Crippen LogP contribution >= 0.6 is 0 Å². The molecular formula is C14H19NO. The number of likely N-dealkylation sites (tertiary alicyclic amines) is 1. The second kappa shape index (κ2) is 4.79. The summed E-state index contributed by atoms with van der Waals surface area (Å²) in [6, 6.07) is 8.07. The third-order valence-electron chi connectivity index (χ3n) is 3.50. The third kappa shape index (κ3) is 2.33. The van der Waals surface area contributed by atoms with Gasteiger partial charge in [-0.25, -0.2) is 0 Å². The SMILES string of the molecule is CC(=O)c1ccccc1C1CCN(C)CC1. The molecule has 0 spiro atoms. The van der Waals surface area contributed by atoms with Crippen LogP contribution in [0.15, 0.2) is 24.3 Å². The number of ketones is 1. The van der Waals surface area contributed by atoms with E-state index in [0.29, 0.717) is 5.92 Å². The Morgan fingerprint density at radius 3 is 2.50 bits per heavy atom. The molecule has 1 saturated heterocycles. The second-order valence-corrected chi connectivity index (χ2v) is 4.72. The second-order valence-electron chi connectivity index (χ2n) is 4.72. The lowest BCUT2D eigenvalue weighted by molar-refractivity contribution is 0.101. The van der Waals surface area contributed by atoms with Gasteiger partial charge >= 0.3 is 0 Å². The molecule has 0 aromatic heterocycles. The zero-order valence-electron chi connectivity index (χ0n) is 10.1. The van der Waals surface area contributed by atoms with Crippen molar-refractivity contribution < 1.29 is 4.79 Å². The average Bonchev–Trinajstić information content (AvgIpc) is 2.30. The summed E-state index contributed by atoms with van der Waals surface area (Å²) in [5, 5.41) is 0. The number of benzene rings is 1. The minimum atomic E-state index is 0.189. The molecule has 0 radical (unpaired) electrons. The maximum absolute atomic E-state index is 11.6. The largest absolute Gasteiger partial charge is 0.306 e. The van der Waals surface area contributed by atoms with Gasteiger partial charge in [0, 0.05) is 5.56 Å². The fraction of sp³-hybridized carbons (Fsp3) is 0.500. The van der Waals surface area contributed by atoms with E-state index in [0.717, 1.165) is 18.7 Å². The standard InChI is InChI=1S/C14H19NO/c1-11(16)13-5-3-4-6-14(13)12-7-9-15(2)10-8-12/h3-6,12H,7-10H2,1-2H3. The van der Waals surface area contributed by atoms with Crippen LogP contribution in [0.4, 0.5) is 0 Å². The van der Waals surface area contributed by atoms with Crippen molar-refractivity contribution in [1.29, 1.82) is 0 Å². The monoisotopic (exact) mass is 217 g/mol. The van der Waals surface area contributed by atoms with Crippen LogP contribution < -0.4 is 0 Å². The highest BCUT2D eigenvalue weighted by atomic mass is 16.1. The predicted octanol–water partition coefficient (Wildman–Crippen LogP) is 2.70. The first kappa shape index (κ1) is 11.3. The molecule has 86 valence electrons. The lowest BCUT2D eigenvalue weighted by atomic mass is 9.86. The molecule has 0 amide bonds. The van der Waals surface area contributed by atoms with E-state index in [9.17, 15) is 4.79 Å². The van der Waals surface area contributed by atoms with Crippen molar-refractivity contribution in [1.82, 2.24) is 4.90 Å². The first-order valence-corrected chi connectivity index (χ1v) is 5.97. The topological polar surface area (TPSA) is 20.3 Å². The molecular weight excluding hydrogens is 198 g/mol. The highest BCUT2D eigenvalue weighted by Crippen LogP contribution is 2.29. The van der Waals surface area contributed by atoms with Gasteiger partial charge in [0.1, 0.15) is 0 Å². The van der Waals surface area contributed by atoms with Gasteiger partial charge in [0.05, 0.1) is 0 Å². The van der Waals surface area contributed by atoms with E-state index in [-0.39, 0.29) is 5.78 Å². The number of carbonyl (C=O) groups excluding carboxylic acids is 1. The van der Waals surface area contributed by atoms with Crippen LogP contribution in [0.5, 0.6) is 0 Å². The number of rotatable bonds is 2. The Kier molecular flexibility index (Phi) is 3.39. The van der Waals surface area contributed by atoms with Crippen LogP contribution in [0.1, 0.15) is 41.6 Å². The molecule has 2 nitrogen and oxygen atoms in total. The van der Waals surface area contributed by atoms with Gasteiger partial charge in [0.25, 0.3) is 0 Å². The summed E-state index contributed by atoms with van der Waals surface area (Å²) in [7, 11) is 2.16. The maximum atomic E-state index is 11.6. The molecule has 16 heavy (non-hydrogen) atoms. The minimum absolute atomic E-state index is 0.189. The molecule has 1 aromatic carbocycles. The zero-order valence-corrected chi connectivity index (χ0v) is 10.1. The van der Waals surface area contributed by atoms with Crippen molar-refractivity contribution >= 4 is 5.78 Å². The zero-order chi connectivity index (χ0) is 11.5. The van der Waals surface area contributed by atoms with Crippen LogP contribution in [-0.4, -0.2) is 30.8 Å². The van der Waals surface area contributed by atoms with Gasteiger partial charge in [-0.1, -0.05) is 24.3 Å². The van der Waals surface area contributed by atoms with Crippen molar-refractivity contribution in [3.8, 4) is 0 Å². The van der Waals surface area contributed by atoms with Crippen molar-refractivity contribution in [3.05, 3.63) is 35.4 Å². The van der Waals surface area contributed by atoms with Gasteiger partial charge in [-0.3, -0.25) is 4.79 Å². The molecule has 1 heterocycles. The number of nitrogens with zero attached hydrogens (tertiary/aromatic N) is 1. The summed E-state index contributed by atoms with van der Waals surface area (Å²) in [6.45, 7) is 3.93. The Labute approximate surface area is 97.3 Å². The van der Waals surface area contributed by atoms with Crippen LogP contribution in [0.2, 0.25) is 0 Å². The van der Waals surface area contributed by atoms with Crippen molar-refractivity contribution in [2.45, 2.75) is 25.7 Å². The highest BCUT2D eigenvalue weighted by Gasteiger charge is 2.21. The summed E-state index contributed by atoms with van der Waals surface area (Å²) in [5.74, 6) is 0.755. The Morgan fingerprint density at radius 2 is 1.88 bits per heavy atom. The first-order valence-electron chi connectivity index (χ1n) is 5.97. The quantitative estimate of drug-likeness (QED) is 0.710. The van der Waals surface area contributed by atoms with Gasteiger partial charge in [0.15, 0.2) is 5.78 Å². The van der Waals surface area contributed by atoms with Crippen LogP contribution in [0.3, 0.4) is 0 Å². The van der Waals surface area contributed by atoms with E-state index < -0.39 is 0 Å². The smallest absolute Gasteiger partial charge is 0.160 e. The Bertz CT molecular complexity index is 378. The molecule has 1 fully saturated rings. The molecule has 1 aliphatic heterocycles. The maximum Gasteiger partial charge on any atom is 0.160 e. The molecule has 0 unspecified atom stereocenters. The van der Waals surface area contributed by atoms with E-state index in [1.165, 1.54) is 18.4 Å². The van der Waals surface area contributed by atoms with Gasteiger partial charge < -0.3 is 4.90 Å². The first-order chi connectivity index (χ1) is 7.68. The average molecular weight is 217 g/mol. The molecule has 0 N–H and O–H groups in total. The van der Waals surface area contributed by atoms with Crippen molar-refractivity contribution in [2.24, 2.45) is 0 Å². The highest BCUT2D eigenvalue weighted by molar-refractivity contribution is 5.95. The van der Waals surface area contributed by atoms with Gasteiger partial charge in [-0.05, 0) is 51.4 Å². The molecule has 2 heteroatoms. The van der Waals surface area contributed by atoms with E-state index in [2.05, 4.69) is 18.0 Å². The van der Waals surface area contributed by atoms with Crippen LogP contribution in [-0.2, 0) is 0 Å². The van der Waals surface area contributed by atoms with Gasteiger partial charge in [0.2, 0.25) is 0 Å². The summed E-state index contributed by atoms with van der Waals surface area (Å²) in [6.07, 6.45) is 2.33. The van der Waals surface area contributed by atoms with Gasteiger partial charge in [-0.2, -0.15) is 0 Å². The number of Topliss-reactive ketones (excluding diaryl/α,β-unsaturated/α-hetero) is 1. The number of piperidine rings is 1. The molecule has 0 saturated carbocycles. The van der Waals surface area contributed by atoms with E-state index in [4.69, 9.17) is 0 Å². The summed E-state index contributed by atoms with van der Waals surface area (Å²) in [5.41, 5.74) is 2.17. The lowest BCUT2D eigenvalue weighted by Crippen LogP contribution is -2.29. The normalized spacial score (nSPS) is 18.6. The van der Waals surface area contributed by atoms with Crippen molar-refractivity contribution in [3.63, 3.8) is 0 Å². The Hall–Kier alpha value is -1.15.